The molecule has 0 aliphatic carbocycles. The van der Waals surface area contributed by atoms with Gasteiger partial charge in [0.1, 0.15) is 6.54 Å². The van der Waals surface area contributed by atoms with Gasteiger partial charge in [-0.05, 0) is 12.1 Å². The van der Waals surface area contributed by atoms with Crippen molar-refractivity contribution in [2.24, 2.45) is 10.2 Å². The predicted octanol–water partition coefficient (Wildman–Crippen LogP) is 1.35. The average Bonchev–Trinajstić information content (AvgIpc) is 2.29. The minimum Gasteiger partial charge on any atom is -0.309 e. The van der Waals surface area contributed by atoms with Gasteiger partial charge in [-0.15, -0.1) is 0 Å². The number of rotatable bonds is 3. The van der Waals surface area contributed by atoms with E-state index in [0.29, 0.717) is 5.69 Å². The summed E-state index contributed by atoms with van der Waals surface area (Å²) in [6.07, 6.45) is 0. The standard InChI is InChI=1S/C11H10N4O2/c16-10-6-9(13-11(17)14-10)7-12-15-8-4-2-1-3-5-8/h1-6H,7H2,(H2,13,14,16,17). The summed E-state index contributed by atoms with van der Waals surface area (Å²) in [5, 5.41) is 7.85. The number of azo groups is 1. The zero-order valence-electron chi connectivity index (χ0n) is 8.88. The summed E-state index contributed by atoms with van der Waals surface area (Å²) in [4.78, 5) is 26.5. The summed E-state index contributed by atoms with van der Waals surface area (Å²) in [5.41, 5.74) is 0.166. The average molecular weight is 230 g/mol. The lowest BCUT2D eigenvalue weighted by molar-refractivity contribution is 0.873. The van der Waals surface area contributed by atoms with Crippen molar-refractivity contribution in [1.82, 2.24) is 9.97 Å². The van der Waals surface area contributed by atoms with Gasteiger partial charge in [-0.2, -0.15) is 10.2 Å². The molecular formula is C11H10N4O2. The Morgan fingerprint density at radius 3 is 2.53 bits per heavy atom. The Labute approximate surface area is 96.1 Å². The second-order valence-corrected chi connectivity index (χ2v) is 3.35. The lowest BCUT2D eigenvalue weighted by atomic mass is 10.3. The summed E-state index contributed by atoms with van der Waals surface area (Å²) in [5.74, 6) is 0. The quantitative estimate of drug-likeness (QED) is 0.779. The van der Waals surface area contributed by atoms with Crippen LogP contribution < -0.4 is 11.2 Å². The molecule has 1 heterocycles. The fourth-order valence-corrected chi connectivity index (χ4v) is 1.29. The van der Waals surface area contributed by atoms with Gasteiger partial charge < -0.3 is 4.98 Å². The van der Waals surface area contributed by atoms with Crippen LogP contribution >= 0.6 is 0 Å². The molecule has 2 aromatic rings. The fraction of sp³-hybridized carbons (Fsp3) is 0.0909. The first-order valence-corrected chi connectivity index (χ1v) is 4.99. The van der Waals surface area contributed by atoms with Crippen molar-refractivity contribution in [2.45, 2.75) is 6.54 Å². The summed E-state index contributed by atoms with van der Waals surface area (Å²) >= 11 is 0. The van der Waals surface area contributed by atoms with Gasteiger partial charge in [0.15, 0.2) is 0 Å². The highest BCUT2D eigenvalue weighted by atomic mass is 16.2. The number of H-pyrrole nitrogens is 2. The molecule has 17 heavy (non-hydrogen) atoms. The number of hydrogen-bond acceptors (Lipinski definition) is 4. The largest absolute Gasteiger partial charge is 0.325 e. The summed E-state index contributed by atoms with van der Waals surface area (Å²) in [6, 6.07) is 10.5. The normalized spacial score (nSPS) is 10.8. The molecule has 0 aliphatic heterocycles. The van der Waals surface area contributed by atoms with Crippen molar-refractivity contribution in [3.8, 4) is 0 Å². The van der Waals surface area contributed by atoms with Gasteiger partial charge in [0.05, 0.1) is 5.69 Å². The Balaban J connectivity index is 2.10. The van der Waals surface area contributed by atoms with Crippen LogP contribution in [0.4, 0.5) is 5.69 Å². The van der Waals surface area contributed by atoms with Crippen LogP contribution in [0.3, 0.4) is 0 Å². The van der Waals surface area contributed by atoms with Crippen molar-refractivity contribution in [2.75, 3.05) is 0 Å². The molecule has 0 spiro atoms. The van der Waals surface area contributed by atoms with Crippen molar-refractivity contribution in [3.63, 3.8) is 0 Å². The Bertz CT molecular complexity index is 599. The molecule has 1 aromatic heterocycles. The highest BCUT2D eigenvalue weighted by molar-refractivity contribution is 5.34. The molecule has 0 unspecified atom stereocenters. The van der Waals surface area contributed by atoms with Crippen LogP contribution in [0, 0.1) is 0 Å². The maximum Gasteiger partial charge on any atom is 0.325 e. The van der Waals surface area contributed by atoms with Crippen LogP contribution in [-0.4, -0.2) is 9.97 Å². The molecule has 0 aliphatic rings. The molecule has 0 amide bonds. The molecule has 2 N–H and O–H groups in total. The molecule has 6 heteroatoms. The second-order valence-electron chi connectivity index (χ2n) is 3.35. The van der Waals surface area contributed by atoms with Gasteiger partial charge in [-0.3, -0.25) is 9.78 Å². The first kappa shape index (κ1) is 11.0. The fourth-order valence-electron chi connectivity index (χ4n) is 1.29. The highest BCUT2D eigenvalue weighted by Gasteiger charge is 1.95. The lowest BCUT2D eigenvalue weighted by Crippen LogP contribution is -2.22. The first-order chi connectivity index (χ1) is 8.24. The number of benzene rings is 1. The molecule has 0 saturated heterocycles. The van der Waals surface area contributed by atoms with Gasteiger partial charge in [0.25, 0.3) is 5.56 Å². The van der Waals surface area contributed by atoms with Crippen molar-refractivity contribution in [1.29, 1.82) is 0 Å². The highest BCUT2D eigenvalue weighted by Crippen LogP contribution is 2.10. The third-order valence-corrected chi connectivity index (χ3v) is 2.00. The van der Waals surface area contributed by atoms with E-state index in [4.69, 9.17) is 0 Å². The van der Waals surface area contributed by atoms with E-state index in [2.05, 4.69) is 20.2 Å². The third kappa shape index (κ3) is 3.23. The number of nitrogens with one attached hydrogen (secondary N) is 2. The molecule has 0 radical (unpaired) electrons. The van der Waals surface area contributed by atoms with Gasteiger partial charge in [0.2, 0.25) is 0 Å². The predicted molar refractivity (Wildman–Crippen MR) is 62.3 cm³/mol. The maximum atomic E-state index is 11.0. The molecule has 2 rings (SSSR count). The molecule has 1 aromatic carbocycles. The molecule has 6 nitrogen and oxygen atoms in total. The van der Waals surface area contributed by atoms with Gasteiger partial charge in [0, 0.05) is 11.8 Å². The molecule has 0 saturated carbocycles. The van der Waals surface area contributed by atoms with Crippen LogP contribution in [0.2, 0.25) is 0 Å². The smallest absolute Gasteiger partial charge is 0.309 e. The van der Waals surface area contributed by atoms with E-state index in [1.54, 1.807) is 0 Å². The van der Waals surface area contributed by atoms with E-state index in [9.17, 15) is 9.59 Å². The Morgan fingerprint density at radius 2 is 1.82 bits per heavy atom. The van der Waals surface area contributed by atoms with Crippen molar-refractivity contribution >= 4 is 5.69 Å². The van der Waals surface area contributed by atoms with E-state index in [1.807, 2.05) is 30.3 Å². The monoisotopic (exact) mass is 230 g/mol. The maximum absolute atomic E-state index is 11.0. The van der Waals surface area contributed by atoms with Crippen LogP contribution in [0.25, 0.3) is 0 Å². The number of aromatic amines is 2. The zero-order valence-corrected chi connectivity index (χ0v) is 8.88. The number of nitrogens with zero attached hydrogens (tertiary/aromatic N) is 2. The third-order valence-electron chi connectivity index (χ3n) is 2.00. The van der Waals surface area contributed by atoms with E-state index in [1.165, 1.54) is 6.07 Å². The molecular weight excluding hydrogens is 220 g/mol. The zero-order chi connectivity index (χ0) is 12.1. The molecule has 0 atom stereocenters. The van der Waals surface area contributed by atoms with E-state index < -0.39 is 11.2 Å². The number of aromatic nitrogens is 2. The SMILES string of the molecule is O=c1cc(CN=Nc2ccccc2)[nH]c(=O)[nH]1. The summed E-state index contributed by atoms with van der Waals surface area (Å²) < 4.78 is 0. The molecule has 0 bridgehead atoms. The van der Waals surface area contributed by atoms with Gasteiger partial charge >= 0.3 is 5.69 Å². The van der Waals surface area contributed by atoms with Gasteiger partial charge in [-0.25, -0.2) is 4.79 Å². The Morgan fingerprint density at radius 1 is 1.06 bits per heavy atom. The summed E-state index contributed by atoms with van der Waals surface area (Å²) in [6.45, 7) is 0.161. The minimum atomic E-state index is -0.539. The Kier molecular flexibility index (Phi) is 3.25. The topological polar surface area (TPSA) is 90.4 Å². The summed E-state index contributed by atoms with van der Waals surface area (Å²) in [7, 11) is 0. The first-order valence-electron chi connectivity index (χ1n) is 4.99. The van der Waals surface area contributed by atoms with Crippen LogP contribution in [0.5, 0.6) is 0 Å². The number of hydrogen-bond donors (Lipinski definition) is 2. The van der Waals surface area contributed by atoms with Crippen LogP contribution in [0.1, 0.15) is 5.69 Å². The van der Waals surface area contributed by atoms with E-state index in [-0.39, 0.29) is 6.54 Å². The molecule has 0 fully saturated rings. The van der Waals surface area contributed by atoms with Crippen molar-refractivity contribution in [3.05, 3.63) is 62.9 Å². The lowest BCUT2D eigenvalue weighted by Gasteiger charge is -1.94. The minimum absolute atomic E-state index is 0.161. The van der Waals surface area contributed by atoms with Crippen LogP contribution in [0.15, 0.2) is 56.2 Å². The molecule has 86 valence electrons. The second kappa shape index (κ2) is 5.02. The van der Waals surface area contributed by atoms with E-state index in [0.717, 1.165) is 5.69 Å². The van der Waals surface area contributed by atoms with Crippen LogP contribution in [-0.2, 0) is 6.54 Å². The van der Waals surface area contributed by atoms with Gasteiger partial charge in [-0.1, -0.05) is 18.2 Å². The van der Waals surface area contributed by atoms with E-state index >= 15 is 0 Å². The van der Waals surface area contributed by atoms with Crippen molar-refractivity contribution < 1.29 is 0 Å². The Hall–Kier alpha value is -2.50.